The number of para-hydroxylation sites is 1. The van der Waals surface area contributed by atoms with E-state index in [0.29, 0.717) is 6.17 Å². The van der Waals surface area contributed by atoms with Crippen LogP contribution in [0.4, 0.5) is 5.69 Å². The third-order valence-corrected chi connectivity index (χ3v) is 8.49. The van der Waals surface area contributed by atoms with Gasteiger partial charge in [-0.15, -0.1) is 0 Å². The zero-order chi connectivity index (χ0) is 20.4. The first-order valence-corrected chi connectivity index (χ1v) is 11.5. The fourth-order valence-electron chi connectivity index (χ4n) is 6.23. The fourth-order valence-corrected chi connectivity index (χ4v) is 6.23. The number of hydrogen-bond donors (Lipinski definition) is 0. The Morgan fingerprint density at radius 1 is 0.966 bits per heavy atom. The van der Waals surface area contributed by atoms with Crippen molar-refractivity contribution in [3.63, 3.8) is 0 Å². The van der Waals surface area contributed by atoms with Crippen molar-refractivity contribution < 1.29 is 0 Å². The number of nitrogens with zero attached hydrogens (tertiary/aromatic N) is 2. The first-order valence-electron chi connectivity index (χ1n) is 11.5. The maximum absolute atomic E-state index is 2.67. The van der Waals surface area contributed by atoms with Gasteiger partial charge >= 0.3 is 0 Å². The summed E-state index contributed by atoms with van der Waals surface area (Å²) in [4.78, 5) is 5.25. The van der Waals surface area contributed by atoms with Crippen LogP contribution in [0.3, 0.4) is 0 Å². The molecule has 0 amide bonds. The Kier molecular flexibility index (Phi) is 4.14. The standard InChI is InChI=1S/C27H34N2/c1-6-9-11-19-16-17-28-23(18-19)22-15-14-20-12-10-13-21-24(20)29(22)25(28)27(5,8-3)26(21,4)7-2/h10,12-18,25H,6-9,11H2,1-5H3. The third kappa shape index (κ3) is 2.23. The molecule has 2 heteroatoms. The number of benzene rings is 1. The highest BCUT2D eigenvalue weighted by molar-refractivity contribution is 5.84. The molecule has 1 aromatic rings. The Morgan fingerprint density at radius 3 is 2.52 bits per heavy atom. The topological polar surface area (TPSA) is 6.48 Å². The van der Waals surface area contributed by atoms with Crippen LogP contribution in [-0.2, 0) is 5.41 Å². The summed E-state index contributed by atoms with van der Waals surface area (Å²) in [7, 11) is 0. The van der Waals surface area contributed by atoms with Crippen molar-refractivity contribution in [2.24, 2.45) is 5.41 Å². The van der Waals surface area contributed by atoms with Crippen LogP contribution in [0, 0.1) is 5.41 Å². The molecular formula is C27H34N2. The van der Waals surface area contributed by atoms with Crippen LogP contribution >= 0.6 is 0 Å². The Hall–Kier alpha value is -2.22. The first kappa shape index (κ1) is 18.8. The molecule has 1 aromatic carbocycles. The summed E-state index contributed by atoms with van der Waals surface area (Å²) in [6.07, 6.45) is 18.2. The summed E-state index contributed by atoms with van der Waals surface area (Å²) >= 11 is 0. The maximum atomic E-state index is 2.67. The summed E-state index contributed by atoms with van der Waals surface area (Å²) in [6, 6.07) is 6.94. The number of fused-ring (bicyclic) bond motifs is 2. The molecule has 152 valence electrons. The van der Waals surface area contributed by atoms with E-state index in [1.807, 2.05) is 0 Å². The molecule has 0 bridgehead atoms. The van der Waals surface area contributed by atoms with Gasteiger partial charge in [0.05, 0.1) is 17.1 Å². The van der Waals surface area contributed by atoms with Crippen molar-refractivity contribution in [3.05, 3.63) is 70.7 Å². The van der Waals surface area contributed by atoms with Crippen LogP contribution < -0.4 is 4.90 Å². The van der Waals surface area contributed by atoms with Gasteiger partial charge in [-0.25, -0.2) is 0 Å². The predicted molar refractivity (Wildman–Crippen MR) is 123 cm³/mol. The van der Waals surface area contributed by atoms with Gasteiger partial charge < -0.3 is 9.80 Å². The van der Waals surface area contributed by atoms with Gasteiger partial charge in [-0.3, -0.25) is 0 Å². The van der Waals surface area contributed by atoms with Gasteiger partial charge in [0.2, 0.25) is 0 Å². The fraction of sp³-hybridized carbons (Fsp3) is 0.481. The molecule has 3 unspecified atom stereocenters. The largest absolute Gasteiger partial charge is 0.324 e. The van der Waals surface area contributed by atoms with Crippen molar-refractivity contribution >= 4 is 11.8 Å². The summed E-state index contributed by atoms with van der Waals surface area (Å²) in [5.74, 6) is 0. The number of hydrogen-bond acceptors (Lipinski definition) is 2. The highest BCUT2D eigenvalue weighted by Crippen LogP contribution is 2.62. The van der Waals surface area contributed by atoms with Crippen LogP contribution in [0.1, 0.15) is 77.8 Å². The molecular weight excluding hydrogens is 352 g/mol. The molecule has 0 spiro atoms. The minimum Gasteiger partial charge on any atom is -0.324 e. The zero-order valence-electron chi connectivity index (χ0n) is 18.6. The van der Waals surface area contributed by atoms with Crippen LogP contribution in [0.25, 0.3) is 6.08 Å². The lowest BCUT2D eigenvalue weighted by Crippen LogP contribution is -2.62. The molecule has 0 N–H and O–H groups in total. The van der Waals surface area contributed by atoms with Crippen LogP contribution in [0.15, 0.2) is 59.6 Å². The predicted octanol–water partition coefficient (Wildman–Crippen LogP) is 7.11. The van der Waals surface area contributed by atoms with E-state index in [1.54, 1.807) is 0 Å². The highest BCUT2D eigenvalue weighted by Gasteiger charge is 2.60. The van der Waals surface area contributed by atoms with E-state index in [9.17, 15) is 0 Å². The summed E-state index contributed by atoms with van der Waals surface area (Å²) in [5.41, 5.74) is 8.86. The SMILES string of the molecule is CCCCC1=CC2=C3C=Cc4cccc5c4N3C(N2C=C1)C(C)(CC)C5(C)CC. The van der Waals surface area contributed by atoms with Gasteiger partial charge in [-0.2, -0.15) is 0 Å². The van der Waals surface area contributed by atoms with Crippen molar-refractivity contribution in [1.29, 1.82) is 0 Å². The van der Waals surface area contributed by atoms with Gasteiger partial charge in [-0.1, -0.05) is 65.3 Å². The lowest BCUT2D eigenvalue weighted by atomic mass is 9.54. The molecule has 4 aliphatic rings. The average Bonchev–Trinajstić information content (AvgIpc) is 3.10. The second kappa shape index (κ2) is 6.39. The Labute approximate surface area is 176 Å². The third-order valence-electron chi connectivity index (χ3n) is 8.49. The van der Waals surface area contributed by atoms with Gasteiger partial charge in [0.1, 0.15) is 6.17 Å². The highest BCUT2D eigenvalue weighted by atomic mass is 15.4. The van der Waals surface area contributed by atoms with Gasteiger partial charge in [-0.05, 0) is 60.6 Å². The van der Waals surface area contributed by atoms with Crippen LogP contribution in [-0.4, -0.2) is 11.1 Å². The first-order chi connectivity index (χ1) is 14.0. The lowest BCUT2D eigenvalue weighted by Gasteiger charge is -2.60. The smallest absolute Gasteiger partial charge is 0.117 e. The van der Waals surface area contributed by atoms with E-state index in [2.05, 4.69) is 93.1 Å². The second-order valence-electron chi connectivity index (χ2n) is 9.59. The molecule has 0 fully saturated rings. The average molecular weight is 387 g/mol. The molecule has 0 radical (unpaired) electrons. The minimum absolute atomic E-state index is 0.139. The molecule has 0 saturated heterocycles. The second-order valence-corrected chi connectivity index (χ2v) is 9.59. The number of allylic oxidation sites excluding steroid dienone is 4. The molecule has 2 nitrogen and oxygen atoms in total. The van der Waals surface area contributed by atoms with Crippen molar-refractivity contribution in [2.75, 3.05) is 4.90 Å². The van der Waals surface area contributed by atoms with Crippen molar-refractivity contribution in [2.45, 2.75) is 78.3 Å². The summed E-state index contributed by atoms with van der Waals surface area (Å²) < 4.78 is 0. The van der Waals surface area contributed by atoms with E-state index in [-0.39, 0.29) is 10.8 Å². The quantitative estimate of drug-likeness (QED) is 0.532. The van der Waals surface area contributed by atoms with Crippen molar-refractivity contribution in [1.82, 2.24) is 4.90 Å². The van der Waals surface area contributed by atoms with Crippen LogP contribution in [0.2, 0.25) is 0 Å². The number of anilines is 1. The molecule has 0 saturated carbocycles. The monoisotopic (exact) mass is 386 g/mol. The van der Waals surface area contributed by atoms with E-state index in [4.69, 9.17) is 0 Å². The Balaban J connectivity index is 1.75. The molecule has 0 aromatic heterocycles. The molecule has 0 aliphatic carbocycles. The summed E-state index contributed by atoms with van der Waals surface area (Å²) in [6.45, 7) is 12.1. The summed E-state index contributed by atoms with van der Waals surface area (Å²) in [5, 5.41) is 0. The molecule has 4 heterocycles. The van der Waals surface area contributed by atoms with E-state index < -0.39 is 0 Å². The maximum Gasteiger partial charge on any atom is 0.117 e. The normalized spacial score (nSPS) is 31.2. The van der Waals surface area contributed by atoms with Gasteiger partial charge in [0, 0.05) is 17.0 Å². The van der Waals surface area contributed by atoms with E-state index in [0.717, 1.165) is 12.8 Å². The lowest BCUT2D eigenvalue weighted by molar-refractivity contribution is 0.0434. The Bertz CT molecular complexity index is 978. The van der Waals surface area contributed by atoms with E-state index >= 15 is 0 Å². The van der Waals surface area contributed by atoms with E-state index in [1.165, 1.54) is 53.0 Å². The Morgan fingerprint density at radius 2 is 1.79 bits per heavy atom. The number of rotatable bonds is 5. The zero-order valence-corrected chi connectivity index (χ0v) is 18.6. The van der Waals surface area contributed by atoms with Gasteiger partial charge in [0.15, 0.2) is 0 Å². The molecule has 5 rings (SSSR count). The minimum atomic E-state index is 0.139. The van der Waals surface area contributed by atoms with Crippen LogP contribution in [0.5, 0.6) is 0 Å². The van der Waals surface area contributed by atoms with Crippen molar-refractivity contribution in [3.8, 4) is 0 Å². The van der Waals surface area contributed by atoms with Gasteiger partial charge in [0.25, 0.3) is 0 Å². The number of unbranched alkanes of at least 4 members (excludes halogenated alkanes) is 1. The molecule has 3 atom stereocenters. The molecule has 29 heavy (non-hydrogen) atoms. The molecule has 4 aliphatic heterocycles.